The Hall–Kier alpha value is -1.46. The average molecular weight is 311 g/mol. The lowest BCUT2D eigenvalue weighted by Crippen LogP contribution is -2.05. The molecule has 0 saturated carbocycles. The summed E-state index contributed by atoms with van der Waals surface area (Å²) in [6.45, 7) is 0.742. The Balaban J connectivity index is 2.17. The molecule has 0 aliphatic carbocycles. The standard InChI is InChI=1S/C13H12BrFN2O/c1-16-8-9-4-5-17-13(6-9)18-10-2-3-12(15)11(14)7-10/h2-7,16H,8H2,1H3. The molecule has 0 bridgehead atoms. The molecule has 94 valence electrons. The molecule has 0 radical (unpaired) electrons. The molecular formula is C13H12BrFN2O. The van der Waals surface area contributed by atoms with E-state index in [0.717, 1.165) is 12.1 Å². The number of hydrogen-bond acceptors (Lipinski definition) is 3. The van der Waals surface area contributed by atoms with E-state index in [0.29, 0.717) is 16.1 Å². The van der Waals surface area contributed by atoms with E-state index in [2.05, 4.69) is 26.2 Å². The van der Waals surface area contributed by atoms with Crippen LogP contribution in [-0.4, -0.2) is 12.0 Å². The zero-order chi connectivity index (χ0) is 13.0. The fourth-order valence-corrected chi connectivity index (χ4v) is 1.84. The monoisotopic (exact) mass is 310 g/mol. The molecule has 1 heterocycles. The number of rotatable bonds is 4. The predicted molar refractivity (Wildman–Crippen MR) is 71.2 cm³/mol. The first kappa shape index (κ1) is 13.0. The molecule has 0 spiro atoms. The van der Waals surface area contributed by atoms with Crippen molar-refractivity contribution in [2.75, 3.05) is 7.05 Å². The molecule has 0 unspecified atom stereocenters. The molecule has 0 aliphatic heterocycles. The SMILES string of the molecule is CNCc1ccnc(Oc2ccc(F)c(Br)c2)c1. The number of nitrogens with zero attached hydrogens (tertiary/aromatic N) is 1. The minimum absolute atomic E-state index is 0.320. The Morgan fingerprint density at radius 1 is 1.33 bits per heavy atom. The van der Waals surface area contributed by atoms with E-state index in [1.54, 1.807) is 18.3 Å². The van der Waals surface area contributed by atoms with Gasteiger partial charge in [-0.3, -0.25) is 0 Å². The third-order valence-electron chi connectivity index (χ3n) is 2.29. The molecule has 1 aromatic heterocycles. The van der Waals surface area contributed by atoms with Gasteiger partial charge in [-0.2, -0.15) is 0 Å². The second kappa shape index (κ2) is 5.93. The maximum Gasteiger partial charge on any atom is 0.219 e. The van der Waals surface area contributed by atoms with Gasteiger partial charge in [0.25, 0.3) is 0 Å². The summed E-state index contributed by atoms with van der Waals surface area (Å²) in [5, 5.41) is 3.05. The van der Waals surface area contributed by atoms with Crippen molar-refractivity contribution >= 4 is 15.9 Å². The van der Waals surface area contributed by atoms with Crippen molar-refractivity contribution in [3.63, 3.8) is 0 Å². The normalized spacial score (nSPS) is 10.4. The molecule has 0 aliphatic rings. The van der Waals surface area contributed by atoms with E-state index in [4.69, 9.17) is 4.74 Å². The summed E-state index contributed by atoms with van der Waals surface area (Å²) in [5.41, 5.74) is 1.07. The highest BCUT2D eigenvalue weighted by Gasteiger charge is 2.04. The maximum atomic E-state index is 13.1. The van der Waals surface area contributed by atoms with Crippen LogP contribution in [0.5, 0.6) is 11.6 Å². The largest absolute Gasteiger partial charge is 0.439 e. The van der Waals surface area contributed by atoms with Gasteiger partial charge in [0.2, 0.25) is 5.88 Å². The number of aromatic nitrogens is 1. The van der Waals surface area contributed by atoms with Crippen molar-refractivity contribution in [1.29, 1.82) is 0 Å². The van der Waals surface area contributed by atoms with Gasteiger partial charge in [0, 0.05) is 18.8 Å². The van der Waals surface area contributed by atoms with Crippen LogP contribution in [0.1, 0.15) is 5.56 Å². The Bertz CT molecular complexity index is 548. The maximum absolute atomic E-state index is 13.1. The Labute approximate surface area is 113 Å². The van der Waals surface area contributed by atoms with Gasteiger partial charge < -0.3 is 10.1 Å². The van der Waals surface area contributed by atoms with Gasteiger partial charge in [-0.15, -0.1) is 0 Å². The molecule has 3 nitrogen and oxygen atoms in total. The highest BCUT2D eigenvalue weighted by atomic mass is 79.9. The van der Waals surface area contributed by atoms with Crippen molar-refractivity contribution in [2.45, 2.75) is 6.54 Å². The van der Waals surface area contributed by atoms with Gasteiger partial charge in [-0.05, 0) is 52.8 Å². The van der Waals surface area contributed by atoms with E-state index in [1.807, 2.05) is 19.2 Å². The van der Waals surface area contributed by atoms with Crippen LogP contribution in [0.25, 0.3) is 0 Å². The molecule has 18 heavy (non-hydrogen) atoms. The van der Waals surface area contributed by atoms with Gasteiger partial charge in [0.1, 0.15) is 11.6 Å². The minimum Gasteiger partial charge on any atom is -0.439 e. The van der Waals surface area contributed by atoms with Crippen LogP contribution in [0.4, 0.5) is 4.39 Å². The molecule has 0 amide bonds. The molecule has 2 rings (SSSR count). The zero-order valence-corrected chi connectivity index (χ0v) is 11.4. The lowest BCUT2D eigenvalue weighted by atomic mass is 10.2. The van der Waals surface area contributed by atoms with Crippen LogP contribution in [0.15, 0.2) is 41.0 Å². The first-order valence-corrected chi connectivity index (χ1v) is 6.21. The highest BCUT2D eigenvalue weighted by Crippen LogP contribution is 2.25. The average Bonchev–Trinajstić information content (AvgIpc) is 2.35. The van der Waals surface area contributed by atoms with E-state index in [9.17, 15) is 4.39 Å². The van der Waals surface area contributed by atoms with Gasteiger partial charge in [-0.25, -0.2) is 9.37 Å². The molecule has 0 fully saturated rings. The van der Waals surface area contributed by atoms with Gasteiger partial charge in [0.15, 0.2) is 0 Å². The minimum atomic E-state index is -0.320. The van der Waals surface area contributed by atoms with Crippen molar-refractivity contribution in [3.8, 4) is 11.6 Å². The first-order chi connectivity index (χ1) is 8.69. The number of hydrogen-bond donors (Lipinski definition) is 1. The van der Waals surface area contributed by atoms with E-state index >= 15 is 0 Å². The van der Waals surface area contributed by atoms with Gasteiger partial charge >= 0.3 is 0 Å². The Morgan fingerprint density at radius 2 is 2.17 bits per heavy atom. The molecule has 1 N–H and O–H groups in total. The molecule has 0 atom stereocenters. The number of nitrogens with one attached hydrogen (secondary N) is 1. The molecule has 2 aromatic rings. The number of benzene rings is 1. The topological polar surface area (TPSA) is 34.2 Å². The molecule has 0 saturated heterocycles. The summed E-state index contributed by atoms with van der Waals surface area (Å²) in [5.74, 6) is 0.706. The lowest BCUT2D eigenvalue weighted by molar-refractivity contribution is 0.459. The molecule has 1 aromatic carbocycles. The third-order valence-corrected chi connectivity index (χ3v) is 2.90. The summed E-state index contributed by atoms with van der Waals surface area (Å²) < 4.78 is 19.0. The first-order valence-electron chi connectivity index (χ1n) is 5.41. The Kier molecular flexibility index (Phi) is 4.28. The third kappa shape index (κ3) is 3.27. The van der Waals surface area contributed by atoms with Crippen LogP contribution in [0.2, 0.25) is 0 Å². The lowest BCUT2D eigenvalue weighted by Gasteiger charge is -2.07. The van der Waals surface area contributed by atoms with Gasteiger partial charge in [0.05, 0.1) is 4.47 Å². The van der Waals surface area contributed by atoms with E-state index in [1.165, 1.54) is 6.07 Å². The smallest absolute Gasteiger partial charge is 0.219 e. The van der Waals surface area contributed by atoms with Crippen LogP contribution >= 0.6 is 15.9 Å². The summed E-state index contributed by atoms with van der Waals surface area (Å²) in [6.07, 6.45) is 1.68. The van der Waals surface area contributed by atoms with Crippen LogP contribution in [-0.2, 0) is 6.54 Å². The molecule has 5 heteroatoms. The van der Waals surface area contributed by atoms with Crippen LogP contribution in [0.3, 0.4) is 0 Å². The highest BCUT2D eigenvalue weighted by molar-refractivity contribution is 9.10. The summed E-state index contributed by atoms with van der Waals surface area (Å²) in [7, 11) is 1.87. The van der Waals surface area contributed by atoms with Crippen molar-refractivity contribution in [1.82, 2.24) is 10.3 Å². The summed E-state index contributed by atoms with van der Waals surface area (Å²) in [4.78, 5) is 4.11. The van der Waals surface area contributed by atoms with Crippen molar-refractivity contribution in [2.24, 2.45) is 0 Å². The quantitative estimate of drug-likeness (QED) is 0.938. The number of halogens is 2. The predicted octanol–water partition coefficient (Wildman–Crippen LogP) is 3.49. The number of pyridine rings is 1. The summed E-state index contributed by atoms with van der Waals surface area (Å²) in [6, 6.07) is 8.23. The second-order valence-electron chi connectivity index (χ2n) is 3.71. The summed E-state index contributed by atoms with van der Waals surface area (Å²) >= 11 is 3.11. The van der Waals surface area contributed by atoms with Crippen LogP contribution < -0.4 is 10.1 Å². The van der Waals surface area contributed by atoms with Crippen molar-refractivity contribution in [3.05, 3.63) is 52.4 Å². The zero-order valence-electron chi connectivity index (χ0n) is 9.78. The number of ether oxygens (including phenoxy) is 1. The molecular weight excluding hydrogens is 299 g/mol. The van der Waals surface area contributed by atoms with E-state index in [-0.39, 0.29) is 5.82 Å². The Morgan fingerprint density at radius 3 is 2.89 bits per heavy atom. The van der Waals surface area contributed by atoms with Crippen LogP contribution in [0, 0.1) is 5.82 Å². The van der Waals surface area contributed by atoms with Crippen molar-refractivity contribution < 1.29 is 9.13 Å². The fourth-order valence-electron chi connectivity index (χ4n) is 1.48. The second-order valence-corrected chi connectivity index (χ2v) is 4.56. The van der Waals surface area contributed by atoms with Gasteiger partial charge in [-0.1, -0.05) is 0 Å². The van der Waals surface area contributed by atoms with E-state index < -0.39 is 0 Å². The fraction of sp³-hybridized carbons (Fsp3) is 0.154.